The van der Waals surface area contributed by atoms with Crippen LogP contribution in [0.5, 0.6) is 0 Å². The van der Waals surface area contributed by atoms with Gasteiger partial charge in [-0.3, -0.25) is 0 Å². The van der Waals surface area contributed by atoms with Gasteiger partial charge in [0, 0.05) is 39.5 Å². The fourth-order valence-corrected chi connectivity index (χ4v) is 9.51. The summed E-state index contributed by atoms with van der Waals surface area (Å²) in [5.74, 6) is 0. The Morgan fingerprint density at radius 2 is 1.03 bits per heavy atom. The molecule has 12 rings (SSSR count). The molecule has 292 valence electrons. The standard InChI is InChI=1S/C59H40N2O/c1-4-16-40(17-5-1)41-28-32-47(33-29-41)60(39-45-21-11-12-24-49(45)42-18-6-2-7-19-42)56-38-46(36-53-58-50-25-13-10-20-43(50)31-35-57(58)62-59(53)56)44-30-34-52-51-26-14-15-27-54(51)61(55(52)37-44)48-22-8-3-9-23-48/h1-38H,39H2. The van der Waals surface area contributed by atoms with Crippen LogP contribution in [0, 0.1) is 0 Å². The Morgan fingerprint density at radius 1 is 0.403 bits per heavy atom. The van der Waals surface area contributed by atoms with Crippen molar-refractivity contribution in [3.05, 3.63) is 236 Å². The van der Waals surface area contributed by atoms with E-state index in [1.807, 2.05) is 0 Å². The number of hydrogen-bond acceptors (Lipinski definition) is 2. The normalized spacial score (nSPS) is 11.6. The van der Waals surface area contributed by atoms with Crippen LogP contribution in [0.2, 0.25) is 0 Å². The van der Waals surface area contributed by atoms with Crippen molar-refractivity contribution in [2.24, 2.45) is 0 Å². The van der Waals surface area contributed by atoms with Crippen LogP contribution in [0.4, 0.5) is 11.4 Å². The lowest BCUT2D eigenvalue weighted by atomic mass is 9.96. The van der Waals surface area contributed by atoms with Crippen molar-refractivity contribution in [2.75, 3.05) is 4.90 Å². The van der Waals surface area contributed by atoms with E-state index in [0.717, 1.165) is 50.1 Å². The topological polar surface area (TPSA) is 21.3 Å². The van der Waals surface area contributed by atoms with Gasteiger partial charge in [0.2, 0.25) is 0 Å². The van der Waals surface area contributed by atoms with Crippen molar-refractivity contribution in [3.8, 4) is 39.1 Å². The number of furan rings is 1. The Morgan fingerprint density at radius 3 is 1.84 bits per heavy atom. The first-order valence-corrected chi connectivity index (χ1v) is 21.3. The van der Waals surface area contributed by atoms with E-state index in [0.29, 0.717) is 6.54 Å². The molecule has 0 amide bonds. The first kappa shape index (κ1) is 35.8. The number of aromatic nitrogens is 1. The van der Waals surface area contributed by atoms with Crippen molar-refractivity contribution < 1.29 is 4.42 Å². The number of anilines is 2. The summed E-state index contributed by atoms with van der Waals surface area (Å²) in [6.07, 6.45) is 0. The van der Waals surface area contributed by atoms with Gasteiger partial charge in [-0.1, -0.05) is 176 Å². The average molecular weight is 793 g/mol. The smallest absolute Gasteiger partial charge is 0.159 e. The highest BCUT2D eigenvalue weighted by molar-refractivity contribution is 6.21. The van der Waals surface area contributed by atoms with Crippen LogP contribution in [0.15, 0.2) is 235 Å². The molecule has 0 unspecified atom stereocenters. The summed E-state index contributed by atoms with van der Waals surface area (Å²) in [6, 6.07) is 83.1. The lowest BCUT2D eigenvalue weighted by molar-refractivity contribution is 0.668. The van der Waals surface area contributed by atoms with Crippen LogP contribution in [0.3, 0.4) is 0 Å². The molecule has 0 aliphatic carbocycles. The predicted molar refractivity (Wildman–Crippen MR) is 261 cm³/mol. The third kappa shape index (κ3) is 6.05. The molecule has 0 spiro atoms. The van der Waals surface area contributed by atoms with Crippen molar-refractivity contribution >= 4 is 65.9 Å². The number of para-hydroxylation sites is 2. The fourth-order valence-electron chi connectivity index (χ4n) is 9.51. The maximum absolute atomic E-state index is 7.07. The fraction of sp³-hybridized carbons (Fsp3) is 0.0169. The molecule has 10 aromatic carbocycles. The maximum atomic E-state index is 7.07. The van der Waals surface area contributed by atoms with Gasteiger partial charge in [0.05, 0.1) is 16.7 Å². The molecule has 2 heterocycles. The Kier molecular flexibility index (Phi) is 8.57. The second-order valence-electron chi connectivity index (χ2n) is 16.1. The summed E-state index contributed by atoms with van der Waals surface area (Å²) < 4.78 is 9.47. The maximum Gasteiger partial charge on any atom is 0.159 e. The van der Waals surface area contributed by atoms with Crippen LogP contribution >= 0.6 is 0 Å². The number of benzene rings is 10. The quantitative estimate of drug-likeness (QED) is 0.153. The van der Waals surface area contributed by atoms with Gasteiger partial charge in [-0.15, -0.1) is 0 Å². The molecule has 0 bridgehead atoms. The van der Waals surface area contributed by atoms with Gasteiger partial charge in [-0.2, -0.15) is 0 Å². The predicted octanol–water partition coefficient (Wildman–Crippen LogP) is 16.2. The minimum absolute atomic E-state index is 0.618. The van der Waals surface area contributed by atoms with E-state index >= 15 is 0 Å². The van der Waals surface area contributed by atoms with E-state index in [2.05, 4.69) is 240 Å². The Hall–Kier alpha value is -8.14. The van der Waals surface area contributed by atoms with Crippen LogP contribution in [-0.2, 0) is 6.54 Å². The molecule has 2 aromatic heterocycles. The lowest BCUT2D eigenvalue weighted by Gasteiger charge is -2.27. The van der Waals surface area contributed by atoms with E-state index in [1.54, 1.807) is 0 Å². The third-order valence-electron chi connectivity index (χ3n) is 12.5. The molecular formula is C59H40N2O. The SMILES string of the molecule is c1ccc(-c2ccc(N(Cc3ccccc3-c3ccccc3)c3cc(-c4ccc5c6ccccc6n(-c6ccccc6)c5c4)cc4c3oc3ccc5ccccc5c34)cc2)cc1. The molecule has 0 atom stereocenters. The summed E-state index contributed by atoms with van der Waals surface area (Å²) in [5, 5.41) is 7.06. The average Bonchev–Trinajstić information content (AvgIpc) is 3.90. The summed E-state index contributed by atoms with van der Waals surface area (Å²) in [5.41, 5.74) is 15.6. The number of hydrogen-bond donors (Lipinski definition) is 0. The van der Waals surface area contributed by atoms with Gasteiger partial charge in [0.1, 0.15) is 5.58 Å². The largest absolute Gasteiger partial charge is 0.454 e. The lowest BCUT2D eigenvalue weighted by Crippen LogP contribution is -2.17. The number of fused-ring (bicyclic) bond motifs is 8. The Labute approximate surface area is 360 Å². The second-order valence-corrected chi connectivity index (χ2v) is 16.1. The zero-order valence-electron chi connectivity index (χ0n) is 33.9. The molecule has 12 aromatic rings. The molecule has 0 saturated carbocycles. The van der Waals surface area contributed by atoms with E-state index in [-0.39, 0.29) is 0 Å². The summed E-state index contributed by atoms with van der Waals surface area (Å²) in [4.78, 5) is 2.45. The highest BCUT2D eigenvalue weighted by Crippen LogP contribution is 2.45. The molecule has 0 fully saturated rings. The molecule has 0 N–H and O–H groups in total. The monoisotopic (exact) mass is 792 g/mol. The van der Waals surface area contributed by atoms with Crippen molar-refractivity contribution in [3.63, 3.8) is 0 Å². The van der Waals surface area contributed by atoms with Gasteiger partial charge >= 0.3 is 0 Å². The minimum atomic E-state index is 0.618. The number of rotatable bonds is 8. The molecule has 0 aliphatic heterocycles. The summed E-state index contributed by atoms with van der Waals surface area (Å²) in [7, 11) is 0. The molecule has 0 saturated heterocycles. The van der Waals surface area contributed by atoms with Crippen LogP contribution in [-0.4, -0.2) is 4.57 Å². The molecule has 0 aliphatic rings. The van der Waals surface area contributed by atoms with Gasteiger partial charge in [0.15, 0.2) is 5.58 Å². The van der Waals surface area contributed by atoms with Gasteiger partial charge in [0.25, 0.3) is 0 Å². The highest BCUT2D eigenvalue weighted by Gasteiger charge is 2.23. The first-order valence-electron chi connectivity index (χ1n) is 21.3. The van der Waals surface area contributed by atoms with Gasteiger partial charge < -0.3 is 13.9 Å². The van der Waals surface area contributed by atoms with Crippen molar-refractivity contribution in [2.45, 2.75) is 6.54 Å². The zero-order chi connectivity index (χ0) is 41.0. The third-order valence-corrected chi connectivity index (χ3v) is 12.5. The van der Waals surface area contributed by atoms with Gasteiger partial charge in [-0.05, 0) is 104 Å². The van der Waals surface area contributed by atoms with E-state index in [4.69, 9.17) is 4.42 Å². The van der Waals surface area contributed by atoms with E-state index < -0.39 is 0 Å². The zero-order valence-corrected chi connectivity index (χ0v) is 33.9. The Bertz CT molecular complexity index is 3590. The molecule has 3 nitrogen and oxygen atoms in total. The van der Waals surface area contributed by atoms with Gasteiger partial charge in [-0.25, -0.2) is 0 Å². The molecule has 62 heavy (non-hydrogen) atoms. The van der Waals surface area contributed by atoms with Crippen molar-refractivity contribution in [1.82, 2.24) is 4.57 Å². The van der Waals surface area contributed by atoms with E-state index in [1.165, 1.54) is 60.4 Å². The second kappa shape index (κ2) is 14.8. The highest BCUT2D eigenvalue weighted by atomic mass is 16.3. The minimum Gasteiger partial charge on any atom is -0.454 e. The van der Waals surface area contributed by atoms with Crippen LogP contribution < -0.4 is 4.90 Å². The molecular weight excluding hydrogens is 753 g/mol. The van der Waals surface area contributed by atoms with Crippen LogP contribution in [0.25, 0.3) is 93.6 Å². The first-order chi connectivity index (χ1) is 30.7. The van der Waals surface area contributed by atoms with E-state index in [9.17, 15) is 0 Å². The number of nitrogens with zero attached hydrogens (tertiary/aromatic N) is 2. The Balaban J connectivity index is 1.13. The molecule has 3 heteroatoms. The summed E-state index contributed by atoms with van der Waals surface area (Å²) >= 11 is 0. The molecule has 0 radical (unpaired) electrons. The summed E-state index contributed by atoms with van der Waals surface area (Å²) in [6.45, 7) is 0.618. The van der Waals surface area contributed by atoms with Crippen LogP contribution in [0.1, 0.15) is 5.56 Å². The van der Waals surface area contributed by atoms with Crippen molar-refractivity contribution in [1.29, 1.82) is 0 Å².